The topological polar surface area (TPSA) is 189 Å². The van der Waals surface area contributed by atoms with Crippen molar-refractivity contribution in [2.75, 3.05) is 26.1 Å². The molecule has 1 unspecified atom stereocenters. The van der Waals surface area contributed by atoms with Crippen molar-refractivity contribution in [3.8, 4) is 11.5 Å². The van der Waals surface area contributed by atoms with E-state index in [0.29, 0.717) is 28.2 Å². The number of anilines is 1. The van der Waals surface area contributed by atoms with E-state index in [1.165, 1.54) is 0 Å². The quantitative estimate of drug-likeness (QED) is 0.115. The number of alkyl halides is 1. The minimum Gasteiger partial charge on any atom is -0.497 e. The molecule has 0 bridgehead atoms. The van der Waals surface area contributed by atoms with Crippen molar-refractivity contribution < 1.29 is 42.1 Å². The molecule has 266 valence electrons. The number of aromatic nitrogens is 5. The van der Waals surface area contributed by atoms with Crippen LogP contribution in [0.15, 0.2) is 83.7 Å². The predicted molar refractivity (Wildman–Crippen MR) is 181 cm³/mol. The maximum Gasteiger partial charge on any atom is 0.695 e. The van der Waals surface area contributed by atoms with Gasteiger partial charge in [-0.2, -0.15) is 9.67 Å². The number of hydrogen-bond donors (Lipinski definition) is 3. The van der Waals surface area contributed by atoms with E-state index >= 15 is 4.39 Å². The number of carbonyl (C=O) groups excluding carboxylic acids is 1. The summed E-state index contributed by atoms with van der Waals surface area (Å²) in [5.74, 6) is 0.154. The lowest BCUT2D eigenvalue weighted by Gasteiger charge is -2.37. The highest BCUT2D eigenvalue weighted by molar-refractivity contribution is 7.32. The van der Waals surface area contributed by atoms with Gasteiger partial charge in [-0.3, -0.25) is 19.9 Å². The average Bonchev–Trinajstić information content (AvgIpc) is 3.69. The van der Waals surface area contributed by atoms with Crippen LogP contribution in [0.3, 0.4) is 0 Å². The number of ether oxygens (including phenoxy) is 4. The molecule has 3 aromatic carbocycles. The van der Waals surface area contributed by atoms with Crippen LogP contribution in [-0.2, 0) is 29.0 Å². The molecular weight excluding hydrogens is 686 g/mol. The standard InChI is InChI=1S/C34H34FN6O9P/c1-19(2)30(42)37-33-36-29-27(31(43)38-33)39-40-41(29)32-28(50-51(44)45)26(35)25(49-32)18-48-34(20-8-6-5-7-9-20,21-10-14-23(46-3)15-11-21)22-12-16-24(47-4)17-13-22/h5-17,19,25-26,28,32H,18H2,1-4H3,(H2-,36,37,38,40,42,43,44,45)/p+1/t25-,26-,28+,32-/m1/s1. The molecule has 15 nitrogen and oxygen atoms in total. The van der Waals surface area contributed by atoms with Crippen LogP contribution < -0.4 is 20.3 Å². The maximum atomic E-state index is 16.4. The first-order valence-electron chi connectivity index (χ1n) is 15.8. The number of hydrogen-bond acceptors (Lipinski definition) is 11. The highest BCUT2D eigenvalue weighted by atomic mass is 31.1. The van der Waals surface area contributed by atoms with E-state index in [-0.39, 0.29) is 17.1 Å². The summed E-state index contributed by atoms with van der Waals surface area (Å²) in [4.78, 5) is 41.6. The van der Waals surface area contributed by atoms with Crippen molar-refractivity contribution in [1.82, 2.24) is 25.0 Å². The summed E-state index contributed by atoms with van der Waals surface area (Å²) in [6.07, 6.45) is -6.67. The lowest BCUT2D eigenvalue weighted by molar-refractivity contribution is -0.118. The highest BCUT2D eigenvalue weighted by Crippen LogP contribution is 2.44. The Morgan fingerprint density at radius 3 is 2.16 bits per heavy atom. The third-order valence-corrected chi connectivity index (χ3v) is 8.88. The monoisotopic (exact) mass is 721 g/mol. The Kier molecular flexibility index (Phi) is 10.5. The van der Waals surface area contributed by atoms with Gasteiger partial charge < -0.3 is 18.9 Å². The molecule has 1 amide bonds. The van der Waals surface area contributed by atoms with E-state index in [1.54, 1.807) is 52.3 Å². The lowest BCUT2D eigenvalue weighted by atomic mass is 9.80. The first kappa shape index (κ1) is 35.7. The van der Waals surface area contributed by atoms with E-state index in [9.17, 15) is 19.0 Å². The summed E-state index contributed by atoms with van der Waals surface area (Å²) < 4.78 is 58.2. The second-order valence-electron chi connectivity index (χ2n) is 11.9. The number of amides is 1. The van der Waals surface area contributed by atoms with E-state index in [2.05, 4.69) is 25.6 Å². The summed E-state index contributed by atoms with van der Waals surface area (Å²) in [5.41, 5.74) is -0.442. The fraction of sp³-hybridized carbons (Fsp3) is 0.324. The zero-order valence-corrected chi connectivity index (χ0v) is 28.8. The van der Waals surface area contributed by atoms with E-state index in [4.69, 9.17) is 23.5 Å². The number of fused-ring (bicyclic) bond motifs is 1. The van der Waals surface area contributed by atoms with Gasteiger partial charge in [0.1, 0.15) is 23.2 Å². The maximum absolute atomic E-state index is 16.4. The van der Waals surface area contributed by atoms with Gasteiger partial charge in [-0.15, -0.1) is 14.5 Å². The highest BCUT2D eigenvalue weighted by Gasteiger charge is 2.53. The molecule has 51 heavy (non-hydrogen) atoms. The second kappa shape index (κ2) is 15.0. The number of rotatable bonds is 13. The van der Waals surface area contributed by atoms with Crippen LogP contribution >= 0.6 is 8.25 Å². The Balaban J connectivity index is 1.40. The Hall–Kier alpha value is -5.12. The fourth-order valence-corrected chi connectivity index (χ4v) is 6.28. The molecule has 3 N–H and O–H groups in total. The van der Waals surface area contributed by atoms with Gasteiger partial charge in [-0.05, 0) is 41.0 Å². The second-order valence-corrected chi connectivity index (χ2v) is 12.6. The number of H-pyrrole nitrogens is 1. The smallest absolute Gasteiger partial charge is 0.497 e. The first-order valence-corrected chi connectivity index (χ1v) is 17.0. The third kappa shape index (κ3) is 7.09. The molecule has 1 aliphatic rings. The molecule has 0 spiro atoms. The molecule has 6 rings (SSSR count). The number of benzene rings is 3. The van der Waals surface area contributed by atoms with Crippen molar-refractivity contribution in [3.05, 3.63) is 106 Å². The summed E-state index contributed by atoms with van der Waals surface area (Å²) in [6.45, 7) is 2.91. The largest absolute Gasteiger partial charge is 0.695 e. The minimum absolute atomic E-state index is 0.187. The van der Waals surface area contributed by atoms with Crippen molar-refractivity contribution in [1.29, 1.82) is 0 Å². The van der Waals surface area contributed by atoms with E-state index < -0.39 is 62.5 Å². The van der Waals surface area contributed by atoms with Crippen LogP contribution in [0, 0.1) is 5.92 Å². The number of halogens is 1. The zero-order valence-electron chi connectivity index (χ0n) is 27.9. The van der Waals surface area contributed by atoms with Crippen LogP contribution in [0.2, 0.25) is 0 Å². The normalized spacial score (nSPS) is 19.3. The van der Waals surface area contributed by atoms with Gasteiger partial charge in [0.25, 0.3) is 5.56 Å². The van der Waals surface area contributed by atoms with Gasteiger partial charge in [0.2, 0.25) is 11.9 Å². The number of carbonyl (C=O) groups is 1. The molecular formula is C34H35FN6O9P+. The molecule has 1 saturated heterocycles. The summed E-state index contributed by atoms with van der Waals surface area (Å²) >= 11 is 0. The van der Waals surface area contributed by atoms with Gasteiger partial charge in [0.15, 0.2) is 29.7 Å². The van der Waals surface area contributed by atoms with Gasteiger partial charge in [0, 0.05) is 10.5 Å². The minimum atomic E-state index is -3.33. The zero-order chi connectivity index (χ0) is 36.3. The molecule has 1 aliphatic heterocycles. The SMILES string of the molecule is COc1ccc(C(OC[C@H]2O[C@@H](n3nnc4c(=O)[nH]c(NC(=O)C(C)C)nc43)[C@@H](O[P+](=O)O)[C@@H]2F)(c2ccccc2)c2ccc(OC)cc2)cc1. The van der Waals surface area contributed by atoms with Crippen LogP contribution in [0.25, 0.3) is 11.2 Å². The summed E-state index contributed by atoms with van der Waals surface area (Å²) in [5, 5.41) is 10.3. The van der Waals surface area contributed by atoms with Gasteiger partial charge in [-0.1, -0.05) is 73.7 Å². The first-order chi connectivity index (χ1) is 24.5. The molecule has 5 atom stereocenters. The Bertz CT molecular complexity index is 2010. The Morgan fingerprint density at radius 2 is 1.61 bits per heavy atom. The number of nitrogens with zero attached hydrogens (tertiary/aromatic N) is 4. The summed E-state index contributed by atoms with van der Waals surface area (Å²) in [7, 11) is -0.215. The van der Waals surface area contributed by atoms with E-state index in [1.807, 2.05) is 54.6 Å². The van der Waals surface area contributed by atoms with Crippen LogP contribution in [0.5, 0.6) is 11.5 Å². The molecule has 0 aliphatic carbocycles. The van der Waals surface area contributed by atoms with E-state index in [0.717, 1.165) is 4.68 Å². The van der Waals surface area contributed by atoms with Gasteiger partial charge in [0.05, 0.1) is 20.8 Å². The van der Waals surface area contributed by atoms with Gasteiger partial charge >= 0.3 is 8.25 Å². The average molecular weight is 722 g/mol. The molecule has 17 heteroatoms. The van der Waals surface area contributed by atoms with Crippen molar-refractivity contribution in [3.63, 3.8) is 0 Å². The molecule has 0 saturated carbocycles. The number of aromatic amines is 1. The summed E-state index contributed by atoms with van der Waals surface area (Å²) in [6, 6.07) is 23.8. The molecule has 1 fully saturated rings. The Labute approximate surface area is 291 Å². The lowest BCUT2D eigenvalue weighted by Crippen LogP contribution is -2.38. The predicted octanol–water partition coefficient (Wildman–Crippen LogP) is 4.41. The van der Waals surface area contributed by atoms with Crippen molar-refractivity contribution in [2.24, 2.45) is 5.92 Å². The van der Waals surface area contributed by atoms with Crippen molar-refractivity contribution in [2.45, 2.75) is 44.1 Å². The van der Waals surface area contributed by atoms with Crippen molar-refractivity contribution >= 4 is 31.3 Å². The molecule has 5 aromatic rings. The van der Waals surface area contributed by atoms with Crippen LogP contribution in [-0.4, -0.2) is 75.0 Å². The number of nitrogens with one attached hydrogen (secondary N) is 2. The van der Waals surface area contributed by atoms with Crippen LogP contribution in [0.4, 0.5) is 10.3 Å². The molecule has 0 radical (unpaired) electrons. The van der Waals surface area contributed by atoms with Gasteiger partial charge in [-0.25, -0.2) is 4.39 Å². The fourth-order valence-electron chi connectivity index (χ4n) is 5.86. The molecule has 2 aromatic heterocycles. The third-order valence-electron chi connectivity index (χ3n) is 8.46. The number of methoxy groups -OCH3 is 2. The Morgan fingerprint density at radius 1 is 1.02 bits per heavy atom. The molecule has 3 heterocycles. The van der Waals surface area contributed by atoms with Crippen LogP contribution in [0.1, 0.15) is 36.8 Å².